The van der Waals surface area contributed by atoms with Crippen LogP contribution in [-0.4, -0.2) is 29.5 Å². The third-order valence-corrected chi connectivity index (χ3v) is 4.38. The first-order valence-electron chi connectivity index (χ1n) is 8.46. The van der Waals surface area contributed by atoms with Crippen molar-refractivity contribution in [1.82, 2.24) is 4.90 Å². The predicted molar refractivity (Wildman–Crippen MR) is 96.7 cm³/mol. The number of nitrogens with one attached hydrogen (secondary N) is 1. The molecule has 0 bridgehead atoms. The molecular weight excluding hydrogens is 316 g/mol. The van der Waals surface area contributed by atoms with E-state index in [1.54, 1.807) is 24.3 Å². The number of likely N-dealkylation sites (tertiary alicyclic amines) is 1. The average Bonchev–Trinajstić information content (AvgIpc) is 3.08. The molecule has 0 spiro atoms. The molecule has 2 amide bonds. The molecule has 1 fully saturated rings. The number of anilines is 1. The molecule has 25 heavy (non-hydrogen) atoms. The average molecular weight is 338 g/mol. The Morgan fingerprint density at radius 2 is 1.88 bits per heavy atom. The van der Waals surface area contributed by atoms with E-state index in [0.717, 1.165) is 23.2 Å². The van der Waals surface area contributed by atoms with Gasteiger partial charge in [0, 0.05) is 12.2 Å². The molecule has 1 saturated heterocycles. The molecule has 2 aromatic carbocycles. The van der Waals surface area contributed by atoms with Crippen LogP contribution in [0.2, 0.25) is 0 Å². The van der Waals surface area contributed by atoms with Crippen LogP contribution in [0.3, 0.4) is 0 Å². The van der Waals surface area contributed by atoms with E-state index in [1.807, 2.05) is 38.1 Å². The maximum absolute atomic E-state index is 12.7. The van der Waals surface area contributed by atoms with Gasteiger partial charge in [0.1, 0.15) is 11.8 Å². The van der Waals surface area contributed by atoms with Gasteiger partial charge in [-0.15, -0.1) is 0 Å². The van der Waals surface area contributed by atoms with Gasteiger partial charge in [-0.05, 0) is 50.5 Å². The number of rotatable bonds is 3. The summed E-state index contributed by atoms with van der Waals surface area (Å²) in [6.45, 7) is 4.49. The Balaban J connectivity index is 1.68. The zero-order valence-electron chi connectivity index (χ0n) is 14.5. The highest BCUT2D eigenvalue weighted by Crippen LogP contribution is 2.23. The van der Waals surface area contributed by atoms with Crippen molar-refractivity contribution >= 4 is 17.7 Å². The number of hydrogen-bond acceptors (Lipinski definition) is 3. The number of ether oxygens (including phenoxy) is 1. The molecule has 0 aliphatic carbocycles. The van der Waals surface area contributed by atoms with Gasteiger partial charge in [0.05, 0.1) is 0 Å². The quantitative estimate of drug-likeness (QED) is 0.923. The van der Waals surface area contributed by atoms with Crippen molar-refractivity contribution in [2.75, 3.05) is 11.9 Å². The Morgan fingerprint density at radius 3 is 2.60 bits per heavy atom. The number of carbonyl (C=O) groups excluding carboxylic acids is 2. The fraction of sp³-hybridized carbons (Fsp3) is 0.300. The topological polar surface area (TPSA) is 58.6 Å². The van der Waals surface area contributed by atoms with Crippen LogP contribution in [0, 0.1) is 13.8 Å². The predicted octanol–water partition coefficient (Wildman–Crippen LogP) is 3.91. The third-order valence-electron chi connectivity index (χ3n) is 4.38. The molecule has 5 heteroatoms. The summed E-state index contributed by atoms with van der Waals surface area (Å²) < 4.78 is 5.38. The van der Waals surface area contributed by atoms with Gasteiger partial charge < -0.3 is 10.1 Å². The molecule has 5 nitrogen and oxygen atoms in total. The van der Waals surface area contributed by atoms with Crippen molar-refractivity contribution in [1.29, 1.82) is 0 Å². The maximum atomic E-state index is 12.7. The van der Waals surface area contributed by atoms with Crippen molar-refractivity contribution in [3.63, 3.8) is 0 Å². The number of aryl methyl sites for hydroxylation is 2. The van der Waals surface area contributed by atoms with E-state index in [9.17, 15) is 9.59 Å². The van der Waals surface area contributed by atoms with Crippen molar-refractivity contribution in [2.24, 2.45) is 0 Å². The van der Waals surface area contributed by atoms with Gasteiger partial charge >= 0.3 is 6.09 Å². The first kappa shape index (κ1) is 17.0. The van der Waals surface area contributed by atoms with Gasteiger partial charge in [-0.1, -0.05) is 35.9 Å². The fourth-order valence-electron chi connectivity index (χ4n) is 3.08. The minimum Gasteiger partial charge on any atom is -0.410 e. The van der Waals surface area contributed by atoms with Crippen molar-refractivity contribution in [3.8, 4) is 5.75 Å². The number of amides is 2. The van der Waals surface area contributed by atoms with E-state index in [-0.39, 0.29) is 5.91 Å². The van der Waals surface area contributed by atoms with Gasteiger partial charge in [0.2, 0.25) is 5.91 Å². The van der Waals surface area contributed by atoms with Gasteiger partial charge in [-0.25, -0.2) is 4.79 Å². The van der Waals surface area contributed by atoms with Crippen molar-refractivity contribution in [3.05, 3.63) is 59.7 Å². The molecule has 1 heterocycles. The van der Waals surface area contributed by atoms with Gasteiger partial charge in [-0.3, -0.25) is 9.69 Å². The molecule has 0 saturated carbocycles. The molecule has 0 unspecified atom stereocenters. The molecule has 2 aromatic rings. The van der Waals surface area contributed by atoms with Crippen LogP contribution in [-0.2, 0) is 4.79 Å². The van der Waals surface area contributed by atoms with Gasteiger partial charge in [0.25, 0.3) is 0 Å². The van der Waals surface area contributed by atoms with Crippen LogP contribution in [0.15, 0.2) is 48.5 Å². The second-order valence-corrected chi connectivity index (χ2v) is 6.34. The highest BCUT2D eigenvalue weighted by atomic mass is 16.6. The Morgan fingerprint density at radius 1 is 1.12 bits per heavy atom. The number of carbonyl (C=O) groups is 2. The minimum absolute atomic E-state index is 0.172. The summed E-state index contributed by atoms with van der Waals surface area (Å²) in [4.78, 5) is 26.6. The Kier molecular flexibility index (Phi) is 5.03. The Bertz CT molecular complexity index is 774. The largest absolute Gasteiger partial charge is 0.415 e. The van der Waals surface area contributed by atoms with Crippen LogP contribution in [0.1, 0.15) is 24.0 Å². The van der Waals surface area contributed by atoms with E-state index in [4.69, 9.17) is 4.74 Å². The van der Waals surface area contributed by atoms with Crippen LogP contribution in [0.4, 0.5) is 10.5 Å². The smallest absolute Gasteiger partial charge is 0.410 e. The fourth-order valence-corrected chi connectivity index (χ4v) is 3.08. The zero-order valence-corrected chi connectivity index (χ0v) is 14.5. The summed E-state index contributed by atoms with van der Waals surface area (Å²) in [6, 6.07) is 14.3. The summed E-state index contributed by atoms with van der Waals surface area (Å²) in [5.41, 5.74) is 2.92. The van der Waals surface area contributed by atoms with E-state index >= 15 is 0 Å². The standard InChI is InChI=1S/C20H22N2O3/c1-14-10-11-17(15(2)13-14)21-19(23)18-9-6-12-22(18)20(24)25-16-7-4-3-5-8-16/h3-5,7-8,10-11,13,18H,6,9,12H2,1-2H3,(H,21,23)/t18-/m0/s1. The molecule has 130 valence electrons. The van der Waals surface area contributed by atoms with Crippen LogP contribution >= 0.6 is 0 Å². The van der Waals surface area contributed by atoms with Crippen molar-refractivity contribution < 1.29 is 14.3 Å². The maximum Gasteiger partial charge on any atom is 0.415 e. The van der Waals surface area contributed by atoms with E-state index in [2.05, 4.69) is 5.32 Å². The second-order valence-electron chi connectivity index (χ2n) is 6.34. The minimum atomic E-state index is -0.503. The summed E-state index contributed by atoms with van der Waals surface area (Å²) in [6.07, 6.45) is 0.944. The zero-order chi connectivity index (χ0) is 17.8. The van der Waals surface area contributed by atoms with E-state index in [0.29, 0.717) is 18.7 Å². The lowest BCUT2D eigenvalue weighted by Gasteiger charge is -2.23. The first-order chi connectivity index (χ1) is 12.0. The molecule has 3 rings (SSSR count). The van der Waals surface area contributed by atoms with Crippen LogP contribution in [0.5, 0.6) is 5.75 Å². The number of para-hydroxylation sites is 1. The van der Waals surface area contributed by atoms with E-state index in [1.165, 1.54) is 4.90 Å². The van der Waals surface area contributed by atoms with Crippen molar-refractivity contribution in [2.45, 2.75) is 32.7 Å². The monoisotopic (exact) mass is 338 g/mol. The van der Waals surface area contributed by atoms with Crippen LogP contribution < -0.4 is 10.1 Å². The first-order valence-corrected chi connectivity index (χ1v) is 8.46. The highest BCUT2D eigenvalue weighted by Gasteiger charge is 2.35. The SMILES string of the molecule is Cc1ccc(NC(=O)[C@@H]2CCCN2C(=O)Oc2ccccc2)c(C)c1. The molecule has 0 aromatic heterocycles. The molecule has 1 N–H and O–H groups in total. The molecule has 1 aliphatic rings. The number of hydrogen-bond donors (Lipinski definition) is 1. The molecule has 1 aliphatic heterocycles. The molecule has 0 radical (unpaired) electrons. The Labute approximate surface area is 147 Å². The lowest BCUT2D eigenvalue weighted by atomic mass is 10.1. The summed E-state index contributed by atoms with van der Waals surface area (Å²) in [7, 11) is 0. The lowest BCUT2D eigenvalue weighted by Crippen LogP contribution is -2.44. The molecular formula is C20H22N2O3. The number of nitrogens with zero attached hydrogens (tertiary/aromatic N) is 1. The summed E-state index contributed by atoms with van der Waals surface area (Å²) in [5, 5.41) is 2.94. The summed E-state index contributed by atoms with van der Waals surface area (Å²) in [5.74, 6) is 0.308. The third kappa shape index (κ3) is 3.99. The Hall–Kier alpha value is -2.82. The highest BCUT2D eigenvalue weighted by molar-refractivity contribution is 5.97. The summed E-state index contributed by atoms with van der Waals surface area (Å²) >= 11 is 0. The van der Waals surface area contributed by atoms with Crippen LogP contribution in [0.25, 0.3) is 0 Å². The number of benzene rings is 2. The van der Waals surface area contributed by atoms with Gasteiger partial charge in [-0.2, -0.15) is 0 Å². The van der Waals surface area contributed by atoms with Gasteiger partial charge in [0.15, 0.2) is 0 Å². The van der Waals surface area contributed by atoms with E-state index < -0.39 is 12.1 Å². The normalized spacial score (nSPS) is 16.6. The molecule has 1 atom stereocenters. The second kappa shape index (κ2) is 7.38. The lowest BCUT2D eigenvalue weighted by molar-refractivity contribution is -0.119.